The number of hydrogen-bond acceptors (Lipinski definition) is 2. The van der Waals surface area contributed by atoms with E-state index in [2.05, 4.69) is 5.32 Å². The number of aryl methyl sites for hydroxylation is 1. The lowest BCUT2D eigenvalue weighted by Gasteiger charge is -2.08. The van der Waals surface area contributed by atoms with Gasteiger partial charge >= 0.3 is 0 Å². The van der Waals surface area contributed by atoms with Crippen LogP contribution in [0.3, 0.4) is 0 Å². The van der Waals surface area contributed by atoms with Crippen molar-refractivity contribution in [3.8, 4) is 5.75 Å². The SMILES string of the molecule is CCC(=O)NCCOc1ccc(C)c(Cl)c1. The molecule has 0 aliphatic rings. The molecule has 88 valence electrons. The van der Waals surface area contributed by atoms with Gasteiger partial charge in [-0.1, -0.05) is 24.6 Å². The first-order valence-corrected chi connectivity index (χ1v) is 5.67. The zero-order chi connectivity index (χ0) is 12.0. The molecular formula is C12H16ClNO2. The molecule has 0 bridgehead atoms. The van der Waals surface area contributed by atoms with Gasteiger partial charge in [0, 0.05) is 11.4 Å². The Bertz CT molecular complexity index is 366. The van der Waals surface area contributed by atoms with Gasteiger partial charge in [-0.05, 0) is 24.6 Å². The molecule has 1 rings (SSSR count). The predicted molar refractivity (Wildman–Crippen MR) is 65.0 cm³/mol. The number of benzene rings is 1. The number of rotatable bonds is 5. The molecule has 0 atom stereocenters. The van der Waals surface area contributed by atoms with E-state index in [4.69, 9.17) is 16.3 Å². The van der Waals surface area contributed by atoms with Crippen molar-refractivity contribution in [1.29, 1.82) is 0 Å². The van der Waals surface area contributed by atoms with Gasteiger partial charge in [-0.25, -0.2) is 0 Å². The minimum absolute atomic E-state index is 0.0329. The van der Waals surface area contributed by atoms with Crippen molar-refractivity contribution < 1.29 is 9.53 Å². The summed E-state index contributed by atoms with van der Waals surface area (Å²) >= 11 is 5.95. The van der Waals surface area contributed by atoms with Gasteiger partial charge < -0.3 is 10.1 Å². The van der Waals surface area contributed by atoms with E-state index in [1.165, 1.54) is 0 Å². The highest BCUT2D eigenvalue weighted by Crippen LogP contribution is 2.21. The third-order valence-electron chi connectivity index (χ3n) is 2.16. The summed E-state index contributed by atoms with van der Waals surface area (Å²) in [5, 5.41) is 3.42. The fourth-order valence-electron chi connectivity index (χ4n) is 1.15. The van der Waals surface area contributed by atoms with Crippen molar-refractivity contribution in [2.75, 3.05) is 13.2 Å². The van der Waals surface area contributed by atoms with Crippen molar-refractivity contribution in [3.05, 3.63) is 28.8 Å². The van der Waals surface area contributed by atoms with Crippen LogP contribution in [0.5, 0.6) is 5.75 Å². The average molecular weight is 242 g/mol. The number of halogens is 1. The minimum Gasteiger partial charge on any atom is -0.492 e. The number of carbonyl (C=O) groups excluding carboxylic acids is 1. The Kier molecular flexibility index (Phi) is 5.12. The third-order valence-corrected chi connectivity index (χ3v) is 2.56. The second kappa shape index (κ2) is 6.38. The fraction of sp³-hybridized carbons (Fsp3) is 0.417. The summed E-state index contributed by atoms with van der Waals surface area (Å²) in [5.74, 6) is 0.756. The topological polar surface area (TPSA) is 38.3 Å². The van der Waals surface area contributed by atoms with Crippen LogP contribution in [-0.4, -0.2) is 19.1 Å². The van der Waals surface area contributed by atoms with Crippen molar-refractivity contribution in [2.24, 2.45) is 0 Å². The Morgan fingerprint density at radius 3 is 2.88 bits per heavy atom. The summed E-state index contributed by atoms with van der Waals surface area (Å²) in [5.41, 5.74) is 1.02. The van der Waals surface area contributed by atoms with Crippen molar-refractivity contribution in [3.63, 3.8) is 0 Å². The lowest BCUT2D eigenvalue weighted by atomic mass is 10.2. The molecule has 0 aliphatic carbocycles. The summed E-state index contributed by atoms with van der Waals surface area (Å²) in [6.07, 6.45) is 0.496. The quantitative estimate of drug-likeness (QED) is 0.805. The zero-order valence-corrected chi connectivity index (χ0v) is 10.3. The first-order chi connectivity index (χ1) is 7.63. The molecule has 4 heteroatoms. The fourth-order valence-corrected chi connectivity index (χ4v) is 1.32. The molecule has 0 spiro atoms. The molecule has 0 aliphatic heterocycles. The summed E-state index contributed by atoms with van der Waals surface area (Å²) in [7, 11) is 0. The number of nitrogens with one attached hydrogen (secondary N) is 1. The zero-order valence-electron chi connectivity index (χ0n) is 9.55. The molecule has 0 saturated carbocycles. The van der Waals surface area contributed by atoms with E-state index in [1.54, 1.807) is 6.07 Å². The molecule has 0 aromatic heterocycles. The average Bonchev–Trinajstić information content (AvgIpc) is 2.28. The minimum atomic E-state index is 0.0329. The molecule has 1 aromatic carbocycles. The normalized spacial score (nSPS) is 9.94. The Morgan fingerprint density at radius 2 is 2.25 bits per heavy atom. The smallest absolute Gasteiger partial charge is 0.219 e. The Balaban J connectivity index is 2.32. The largest absolute Gasteiger partial charge is 0.492 e. The van der Waals surface area contributed by atoms with E-state index >= 15 is 0 Å². The molecular weight excluding hydrogens is 226 g/mol. The van der Waals surface area contributed by atoms with Gasteiger partial charge in [0.15, 0.2) is 0 Å². The molecule has 0 fully saturated rings. The number of hydrogen-bond donors (Lipinski definition) is 1. The van der Waals surface area contributed by atoms with E-state index < -0.39 is 0 Å². The van der Waals surface area contributed by atoms with Crippen LogP contribution in [0.2, 0.25) is 5.02 Å². The van der Waals surface area contributed by atoms with Crippen LogP contribution in [0, 0.1) is 6.92 Å². The van der Waals surface area contributed by atoms with E-state index in [9.17, 15) is 4.79 Å². The van der Waals surface area contributed by atoms with Crippen molar-refractivity contribution in [1.82, 2.24) is 5.32 Å². The van der Waals surface area contributed by atoms with Gasteiger partial charge in [0.25, 0.3) is 0 Å². The Hall–Kier alpha value is -1.22. The van der Waals surface area contributed by atoms with Crippen LogP contribution in [-0.2, 0) is 4.79 Å². The van der Waals surface area contributed by atoms with Crippen molar-refractivity contribution >= 4 is 17.5 Å². The number of amides is 1. The maximum atomic E-state index is 10.9. The van der Waals surface area contributed by atoms with Crippen molar-refractivity contribution in [2.45, 2.75) is 20.3 Å². The van der Waals surface area contributed by atoms with Crippen LogP contribution in [0.1, 0.15) is 18.9 Å². The van der Waals surface area contributed by atoms with E-state index in [0.717, 1.165) is 11.3 Å². The summed E-state index contributed by atoms with van der Waals surface area (Å²) < 4.78 is 5.44. The van der Waals surface area contributed by atoms with E-state index in [1.807, 2.05) is 26.0 Å². The first kappa shape index (κ1) is 12.8. The summed E-state index contributed by atoms with van der Waals surface area (Å²) in [4.78, 5) is 10.9. The molecule has 0 unspecified atom stereocenters. The van der Waals surface area contributed by atoms with E-state index in [0.29, 0.717) is 24.6 Å². The molecule has 0 radical (unpaired) electrons. The molecule has 16 heavy (non-hydrogen) atoms. The summed E-state index contributed by atoms with van der Waals surface area (Å²) in [6.45, 7) is 4.72. The molecule has 1 amide bonds. The highest BCUT2D eigenvalue weighted by molar-refractivity contribution is 6.31. The van der Waals surface area contributed by atoms with Crippen LogP contribution in [0.15, 0.2) is 18.2 Å². The van der Waals surface area contributed by atoms with E-state index in [-0.39, 0.29) is 5.91 Å². The van der Waals surface area contributed by atoms with Gasteiger partial charge in [-0.3, -0.25) is 4.79 Å². The second-order valence-electron chi connectivity index (χ2n) is 3.46. The van der Waals surface area contributed by atoms with Gasteiger partial charge in [0.2, 0.25) is 5.91 Å². The lowest BCUT2D eigenvalue weighted by Crippen LogP contribution is -2.27. The molecule has 0 saturated heterocycles. The van der Waals surface area contributed by atoms with Gasteiger partial charge in [-0.15, -0.1) is 0 Å². The summed E-state index contributed by atoms with van der Waals surface area (Å²) in [6, 6.07) is 5.55. The van der Waals surface area contributed by atoms with Gasteiger partial charge in [-0.2, -0.15) is 0 Å². The highest BCUT2D eigenvalue weighted by Gasteiger charge is 1.99. The lowest BCUT2D eigenvalue weighted by molar-refractivity contribution is -0.120. The molecule has 0 heterocycles. The number of carbonyl (C=O) groups is 1. The number of ether oxygens (including phenoxy) is 1. The van der Waals surface area contributed by atoms with Crippen LogP contribution < -0.4 is 10.1 Å². The Labute approximate surface area is 101 Å². The standard InChI is InChI=1S/C12H16ClNO2/c1-3-12(15)14-6-7-16-10-5-4-9(2)11(13)8-10/h4-5,8H,3,6-7H2,1-2H3,(H,14,15). The highest BCUT2D eigenvalue weighted by atomic mass is 35.5. The maximum absolute atomic E-state index is 10.9. The maximum Gasteiger partial charge on any atom is 0.219 e. The van der Waals surface area contributed by atoms with Crippen LogP contribution >= 0.6 is 11.6 Å². The van der Waals surface area contributed by atoms with Crippen LogP contribution in [0.25, 0.3) is 0 Å². The monoisotopic (exact) mass is 241 g/mol. The van der Waals surface area contributed by atoms with Gasteiger partial charge in [0.05, 0.1) is 6.54 Å². The predicted octanol–water partition coefficient (Wildman–Crippen LogP) is 2.55. The molecule has 1 N–H and O–H groups in total. The Morgan fingerprint density at radius 1 is 1.50 bits per heavy atom. The second-order valence-corrected chi connectivity index (χ2v) is 3.87. The molecule has 3 nitrogen and oxygen atoms in total. The third kappa shape index (κ3) is 4.11. The van der Waals surface area contributed by atoms with Crippen LogP contribution in [0.4, 0.5) is 0 Å². The first-order valence-electron chi connectivity index (χ1n) is 5.29. The van der Waals surface area contributed by atoms with Gasteiger partial charge in [0.1, 0.15) is 12.4 Å². The molecule has 1 aromatic rings.